The normalized spacial score (nSPS) is 10.8. The molecule has 0 unspecified atom stereocenters. The van der Waals surface area contributed by atoms with Crippen LogP contribution in [0.3, 0.4) is 0 Å². The number of carbonyl (C=O) groups excluding carboxylic acids is 1. The second-order valence-corrected chi connectivity index (χ2v) is 12.9. The quantitative estimate of drug-likeness (QED) is 0.241. The summed E-state index contributed by atoms with van der Waals surface area (Å²) in [6, 6.07) is 24.9. The van der Waals surface area contributed by atoms with Crippen molar-refractivity contribution in [1.29, 1.82) is 0 Å². The molecule has 156 valence electrons. The SMILES string of the molecule is COCOc1cc(C)cc(C([Se]c2ccccc2)[Se]c2ccccc2)c1C(=O)OC. The van der Waals surface area contributed by atoms with Crippen LogP contribution >= 0.6 is 0 Å². The molecule has 0 aliphatic rings. The number of ether oxygens (including phenoxy) is 3. The molecule has 0 saturated heterocycles. The van der Waals surface area contributed by atoms with E-state index in [1.807, 2.05) is 25.1 Å². The van der Waals surface area contributed by atoms with E-state index in [-0.39, 0.29) is 46.4 Å². The van der Waals surface area contributed by atoms with Crippen LogP contribution in [-0.2, 0) is 9.47 Å². The van der Waals surface area contributed by atoms with Gasteiger partial charge in [-0.1, -0.05) is 0 Å². The fraction of sp³-hybridized carbons (Fsp3) is 0.208. The molecule has 0 amide bonds. The number of aryl methyl sites for hydroxylation is 1. The van der Waals surface area contributed by atoms with Gasteiger partial charge in [0.15, 0.2) is 0 Å². The van der Waals surface area contributed by atoms with Gasteiger partial charge in [0.1, 0.15) is 0 Å². The van der Waals surface area contributed by atoms with Crippen LogP contribution in [0, 0.1) is 6.92 Å². The Labute approximate surface area is 190 Å². The van der Waals surface area contributed by atoms with Crippen molar-refractivity contribution in [1.82, 2.24) is 0 Å². The van der Waals surface area contributed by atoms with Crippen LogP contribution in [0.15, 0.2) is 72.8 Å². The maximum absolute atomic E-state index is 12.8. The molecule has 3 rings (SSSR count). The third kappa shape index (κ3) is 5.98. The van der Waals surface area contributed by atoms with Crippen LogP contribution in [0.1, 0.15) is 25.2 Å². The number of hydrogen-bond donors (Lipinski definition) is 0. The first-order chi connectivity index (χ1) is 14.6. The molecule has 0 fully saturated rings. The van der Waals surface area contributed by atoms with E-state index in [0.717, 1.165) is 11.1 Å². The summed E-state index contributed by atoms with van der Waals surface area (Å²) in [5.41, 5.74) is 2.53. The summed E-state index contributed by atoms with van der Waals surface area (Å²) in [4.78, 5) is 12.8. The molecule has 3 aromatic rings. The zero-order valence-corrected chi connectivity index (χ0v) is 20.6. The summed E-state index contributed by atoms with van der Waals surface area (Å²) in [5, 5.41) is 0. The monoisotopic (exact) mass is 536 g/mol. The Bertz CT molecular complexity index is 920. The van der Waals surface area contributed by atoms with E-state index in [2.05, 4.69) is 54.6 Å². The molecule has 0 N–H and O–H groups in total. The summed E-state index contributed by atoms with van der Waals surface area (Å²) >= 11 is 0.262. The molecular formula is C24H24O4Se2. The standard InChI is InChI=1S/C24H24O4Se2/c1-17-14-20(22(23(25)27-3)21(15-17)28-16-26-2)24(29-18-10-6-4-7-11-18)30-19-12-8-5-9-13-19/h4-15,24H,16H2,1-3H3. The van der Waals surface area contributed by atoms with Gasteiger partial charge in [0.2, 0.25) is 0 Å². The van der Waals surface area contributed by atoms with Gasteiger partial charge in [0.25, 0.3) is 0 Å². The summed E-state index contributed by atoms with van der Waals surface area (Å²) in [5.74, 6) is 0.130. The van der Waals surface area contributed by atoms with Gasteiger partial charge in [0.05, 0.1) is 0 Å². The Morgan fingerprint density at radius 1 is 0.900 bits per heavy atom. The number of rotatable bonds is 9. The van der Waals surface area contributed by atoms with Crippen molar-refractivity contribution in [2.75, 3.05) is 21.0 Å². The van der Waals surface area contributed by atoms with E-state index < -0.39 is 0 Å². The van der Waals surface area contributed by atoms with Gasteiger partial charge in [-0.05, 0) is 0 Å². The molecule has 6 heteroatoms. The fourth-order valence-electron chi connectivity index (χ4n) is 2.92. The third-order valence-electron chi connectivity index (χ3n) is 4.23. The average molecular weight is 534 g/mol. The first-order valence-corrected chi connectivity index (χ1v) is 13.1. The molecule has 4 nitrogen and oxygen atoms in total. The Morgan fingerprint density at radius 3 is 1.97 bits per heavy atom. The van der Waals surface area contributed by atoms with Gasteiger partial charge in [-0.3, -0.25) is 0 Å². The molecule has 0 radical (unpaired) electrons. The van der Waals surface area contributed by atoms with Crippen molar-refractivity contribution < 1.29 is 19.0 Å². The average Bonchev–Trinajstić information content (AvgIpc) is 2.77. The van der Waals surface area contributed by atoms with Gasteiger partial charge in [-0.15, -0.1) is 0 Å². The summed E-state index contributed by atoms with van der Waals surface area (Å²) in [6.07, 6.45) is 0. The van der Waals surface area contributed by atoms with E-state index in [9.17, 15) is 4.79 Å². The first kappa shape index (κ1) is 22.6. The second kappa shape index (κ2) is 11.4. The van der Waals surface area contributed by atoms with E-state index in [1.165, 1.54) is 16.0 Å². The summed E-state index contributed by atoms with van der Waals surface area (Å²) in [6.45, 7) is 2.09. The number of methoxy groups -OCH3 is 2. The van der Waals surface area contributed by atoms with E-state index in [0.29, 0.717) is 11.3 Å². The van der Waals surface area contributed by atoms with E-state index in [4.69, 9.17) is 14.2 Å². The molecule has 3 aromatic carbocycles. The maximum atomic E-state index is 12.8. The third-order valence-corrected chi connectivity index (χ3v) is 10.6. The predicted molar refractivity (Wildman–Crippen MR) is 121 cm³/mol. The Hall–Kier alpha value is -2.07. The van der Waals surface area contributed by atoms with Crippen molar-refractivity contribution in [2.45, 2.75) is 10.6 Å². The predicted octanol–water partition coefficient (Wildman–Crippen LogP) is 2.82. The Kier molecular flexibility index (Phi) is 8.56. The molecular weight excluding hydrogens is 510 g/mol. The van der Waals surface area contributed by atoms with Crippen molar-refractivity contribution in [3.63, 3.8) is 0 Å². The van der Waals surface area contributed by atoms with Crippen LogP contribution in [0.2, 0.25) is 0 Å². The van der Waals surface area contributed by atoms with Crippen LogP contribution in [0.25, 0.3) is 0 Å². The van der Waals surface area contributed by atoms with Gasteiger partial charge in [-0.2, -0.15) is 0 Å². The molecule has 0 aliphatic carbocycles. The number of carbonyl (C=O) groups is 1. The van der Waals surface area contributed by atoms with Gasteiger partial charge in [0, 0.05) is 0 Å². The van der Waals surface area contributed by atoms with Crippen molar-refractivity contribution >= 4 is 44.8 Å². The molecule has 0 heterocycles. The van der Waals surface area contributed by atoms with Gasteiger partial charge < -0.3 is 0 Å². The first-order valence-electron chi connectivity index (χ1n) is 9.40. The number of benzene rings is 3. The van der Waals surface area contributed by atoms with Crippen molar-refractivity contribution in [3.05, 3.63) is 89.5 Å². The molecule has 0 bridgehead atoms. The van der Waals surface area contributed by atoms with Crippen LogP contribution in [0.4, 0.5) is 0 Å². The minimum absolute atomic E-state index is 0.0746. The van der Waals surface area contributed by atoms with E-state index >= 15 is 0 Å². The van der Waals surface area contributed by atoms with Crippen molar-refractivity contribution in [3.8, 4) is 5.75 Å². The number of esters is 1. The summed E-state index contributed by atoms with van der Waals surface area (Å²) < 4.78 is 18.8. The minimum atomic E-state index is -0.381. The zero-order chi connectivity index (χ0) is 21.3. The Balaban J connectivity index is 2.10. The zero-order valence-electron chi connectivity index (χ0n) is 17.2. The summed E-state index contributed by atoms with van der Waals surface area (Å²) in [7, 11) is 2.97. The Morgan fingerprint density at radius 2 is 1.47 bits per heavy atom. The molecule has 0 atom stereocenters. The molecule has 0 aliphatic heterocycles. The van der Waals surface area contributed by atoms with Crippen LogP contribution in [0.5, 0.6) is 5.75 Å². The second-order valence-electron chi connectivity index (χ2n) is 6.46. The van der Waals surface area contributed by atoms with Gasteiger partial charge >= 0.3 is 191 Å². The van der Waals surface area contributed by atoms with Crippen molar-refractivity contribution in [2.24, 2.45) is 0 Å². The topological polar surface area (TPSA) is 44.8 Å². The van der Waals surface area contributed by atoms with Crippen LogP contribution in [-0.4, -0.2) is 56.9 Å². The number of hydrogen-bond acceptors (Lipinski definition) is 4. The fourth-order valence-corrected chi connectivity index (χ4v) is 9.64. The van der Waals surface area contributed by atoms with Gasteiger partial charge in [-0.25, -0.2) is 0 Å². The van der Waals surface area contributed by atoms with E-state index in [1.54, 1.807) is 7.11 Å². The van der Waals surface area contributed by atoms with Crippen LogP contribution < -0.4 is 13.7 Å². The molecule has 30 heavy (non-hydrogen) atoms. The molecule has 0 saturated carbocycles. The molecule has 0 spiro atoms. The molecule has 0 aromatic heterocycles.